The SMILES string of the molecule is CN=C(NCCc1ccc2c(c1)CCO2)NCc1cc(C)oc1C. The quantitative estimate of drug-likeness (QED) is 0.655. The molecular weight excluding hydrogens is 302 g/mol. The summed E-state index contributed by atoms with van der Waals surface area (Å²) in [4.78, 5) is 4.27. The van der Waals surface area contributed by atoms with Gasteiger partial charge in [0.05, 0.1) is 6.61 Å². The Kier molecular flexibility index (Phi) is 5.08. The molecule has 1 aliphatic rings. The maximum Gasteiger partial charge on any atom is 0.191 e. The Hall–Kier alpha value is -2.43. The largest absolute Gasteiger partial charge is 0.493 e. The number of aryl methyl sites for hydroxylation is 2. The molecule has 0 atom stereocenters. The van der Waals surface area contributed by atoms with Gasteiger partial charge >= 0.3 is 0 Å². The van der Waals surface area contributed by atoms with E-state index in [9.17, 15) is 0 Å². The van der Waals surface area contributed by atoms with Gasteiger partial charge in [-0.2, -0.15) is 0 Å². The molecule has 1 aromatic carbocycles. The van der Waals surface area contributed by atoms with Gasteiger partial charge in [-0.15, -0.1) is 0 Å². The van der Waals surface area contributed by atoms with E-state index in [1.807, 2.05) is 13.8 Å². The molecule has 0 unspecified atom stereocenters. The van der Waals surface area contributed by atoms with Crippen molar-refractivity contribution >= 4 is 5.96 Å². The second-order valence-corrected chi connectivity index (χ2v) is 6.08. The van der Waals surface area contributed by atoms with Crippen molar-refractivity contribution in [2.45, 2.75) is 33.2 Å². The summed E-state index contributed by atoms with van der Waals surface area (Å²) in [5.41, 5.74) is 3.80. The third-order valence-electron chi connectivity index (χ3n) is 4.27. The number of nitrogens with zero attached hydrogens (tertiary/aromatic N) is 1. The fourth-order valence-electron chi connectivity index (χ4n) is 2.98. The van der Waals surface area contributed by atoms with Crippen molar-refractivity contribution in [2.75, 3.05) is 20.2 Å². The van der Waals surface area contributed by atoms with Crippen LogP contribution >= 0.6 is 0 Å². The molecule has 5 heteroatoms. The molecule has 2 heterocycles. The summed E-state index contributed by atoms with van der Waals surface area (Å²) in [5, 5.41) is 6.69. The van der Waals surface area contributed by atoms with Crippen LogP contribution in [0, 0.1) is 13.8 Å². The second kappa shape index (κ2) is 7.43. The highest BCUT2D eigenvalue weighted by atomic mass is 16.5. The van der Waals surface area contributed by atoms with Crippen LogP contribution in [0.15, 0.2) is 33.7 Å². The zero-order valence-electron chi connectivity index (χ0n) is 14.6. The fourth-order valence-corrected chi connectivity index (χ4v) is 2.98. The van der Waals surface area contributed by atoms with Crippen molar-refractivity contribution < 1.29 is 9.15 Å². The van der Waals surface area contributed by atoms with E-state index in [1.165, 1.54) is 11.1 Å². The van der Waals surface area contributed by atoms with E-state index in [0.29, 0.717) is 6.54 Å². The van der Waals surface area contributed by atoms with Crippen LogP contribution in [-0.2, 0) is 19.4 Å². The Morgan fingerprint density at radius 2 is 2.08 bits per heavy atom. The van der Waals surface area contributed by atoms with E-state index in [4.69, 9.17) is 9.15 Å². The van der Waals surface area contributed by atoms with E-state index in [1.54, 1.807) is 7.05 Å². The number of benzene rings is 1. The van der Waals surface area contributed by atoms with Gasteiger partial charge in [-0.25, -0.2) is 0 Å². The number of hydrogen-bond acceptors (Lipinski definition) is 3. The lowest BCUT2D eigenvalue weighted by Crippen LogP contribution is -2.37. The lowest BCUT2D eigenvalue weighted by Gasteiger charge is -2.12. The van der Waals surface area contributed by atoms with Gasteiger partial charge in [0.25, 0.3) is 0 Å². The smallest absolute Gasteiger partial charge is 0.191 e. The molecular formula is C19H25N3O2. The van der Waals surface area contributed by atoms with Crippen molar-refractivity contribution in [3.63, 3.8) is 0 Å². The summed E-state index contributed by atoms with van der Waals surface area (Å²) in [6, 6.07) is 8.52. The first-order chi connectivity index (χ1) is 11.7. The van der Waals surface area contributed by atoms with E-state index in [2.05, 4.69) is 39.9 Å². The fraction of sp³-hybridized carbons (Fsp3) is 0.421. The predicted molar refractivity (Wildman–Crippen MR) is 95.7 cm³/mol. The van der Waals surface area contributed by atoms with Gasteiger partial charge in [-0.05, 0) is 43.5 Å². The normalized spacial score (nSPS) is 13.5. The summed E-state index contributed by atoms with van der Waals surface area (Å²) < 4.78 is 11.1. The number of rotatable bonds is 5. The maximum absolute atomic E-state index is 5.55. The Balaban J connectivity index is 1.47. The molecule has 2 N–H and O–H groups in total. The molecule has 0 bridgehead atoms. The molecule has 0 spiro atoms. The molecule has 2 aromatic rings. The van der Waals surface area contributed by atoms with Crippen LogP contribution in [0.3, 0.4) is 0 Å². The number of ether oxygens (including phenoxy) is 1. The zero-order chi connectivity index (χ0) is 16.9. The molecule has 128 valence electrons. The highest BCUT2D eigenvalue weighted by Crippen LogP contribution is 2.25. The molecule has 1 aliphatic heterocycles. The highest BCUT2D eigenvalue weighted by Gasteiger charge is 2.12. The number of guanidine groups is 1. The molecule has 0 saturated heterocycles. The summed E-state index contributed by atoms with van der Waals surface area (Å²) in [6.07, 6.45) is 1.97. The second-order valence-electron chi connectivity index (χ2n) is 6.08. The van der Waals surface area contributed by atoms with Crippen LogP contribution in [0.1, 0.15) is 28.2 Å². The topological polar surface area (TPSA) is 58.8 Å². The molecule has 0 radical (unpaired) electrons. The predicted octanol–water partition coefficient (Wildman–Crippen LogP) is 2.74. The van der Waals surface area contributed by atoms with Crippen molar-refractivity contribution in [1.29, 1.82) is 0 Å². The van der Waals surface area contributed by atoms with Gasteiger partial charge in [-0.3, -0.25) is 4.99 Å². The van der Waals surface area contributed by atoms with Crippen LogP contribution in [0.2, 0.25) is 0 Å². The molecule has 0 saturated carbocycles. The van der Waals surface area contributed by atoms with Gasteiger partial charge < -0.3 is 19.8 Å². The minimum Gasteiger partial charge on any atom is -0.493 e. The van der Waals surface area contributed by atoms with E-state index >= 15 is 0 Å². The van der Waals surface area contributed by atoms with Crippen molar-refractivity contribution in [3.8, 4) is 5.75 Å². The van der Waals surface area contributed by atoms with Crippen molar-refractivity contribution in [2.24, 2.45) is 4.99 Å². The minimum absolute atomic E-state index is 0.707. The summed E-state index contributed by atoms with van der Waals surface area (Å²) in [6.45, 7) is 6.30. The molecule has 1 aromatic heterocycles. The number of nitrogens with one attached hydrogen (secondary N) is 2. The number of hydrogen-bond donors (Lipinski definition) is 2. The Morgan fingerprint density at radius 1 is 1.21 bits per heavy atom. The van der Waals surface area contributed by atoms with E-state index in [-0.39, 0.29) is 0 Å². The van der Waals surface area contributed by atoms with Gasteiger partial charge in [0.2, 0.25) is 0 Å². The van der Waals surface area contributed by atoms with E-state index in [0.717, 1.165) is 54.8 Å². The van der Waals surface area contributed by atoms with Gasteiger partial charge in [0.15, 0.2) is 5.96 Å². The molecule has 3 rings (SSSR count). The van der Waals surface area contributed by atoms with E-state index < -0.39 is 0 Å². The maximum atomic E-state index is 5.55. The molecule has 0 fully saturated rings. The average Bonchev–Trinajstić information content (AvgIpc) is 3.16. The first-order valence-corrected chi connectivity index (χ1v) is 8.41. The van der Waals surface area contributed by atoms with Crippen LogP contribution < -0.4 is 15.4 Å². The molecule has 24 heavy (non-hydrogen) atoms. The van der Waals surface area contributed by atoms with Gasteiger partial charge in [0, 0.05) is 32.1 Å². The third kappa shape index (κ3) is 3.91. The average molecular weight is 327 g/mol. The van der Waals surface area contributed by atoms with Crippen LogP contribution in [0.4, 0.5) is 0 Å². The molecule has 0 amide bonds. The Bertz CT molecular complexity index is 734. The van der Waals surface area contributed by atoms with Crippen LogP contribution in [-0.4, -0.2) is 26.2 Å². The number of furan rings is 1. The third-order valence-corrected chi connectivity index (χ3v) is 4.27. The lowest BCUT2D eigenvalue weighted by molar-refractivity contribution is 0.357. The minimum atomic E-state index is 0.707. The lowest BCUT2D eigenvalue weighted by atomic mass is 10.1. The number of fused-ring (bicyclic) bond motifs is 1. The standard InChI is InChI=1S/C19H25N3O2/c1-13-10-17(14(2)24-13)12-22-19(20-3)21-8-6-15-4-5-18-16(11-15)7-9-23-18/h4-5,10-11H,6-9,12H2,1-3H3,(H2,20,21,22). The summed E-state index contributed by atoms with van der Waals surface area (Å²) in [7, 11) is 1.79. The van der Waals surface area contributed by atoms with Crippen molar-refractivity contribution in [3.05, 3.63) is 52.5 Å². The highest BCUT2D eigenvalue weighted by molar-refractivity contribution is 5.79. The Morgan fingerprint density at radius 3 is 2.83 bits per heavy atom. The van der Waals surface area contributed by atoms with Gasteiger partial charge in [-0.1, -0.05) is 12.1 Å². The summed E-state index contributed by atoms with van der Waals surface area (Å²) >= 11 is 0. The summed E-state index contributed by atoms with van der Waals surface area (Å²) in [5.74, 6) is 3.73. The Labute approximate surface area is 143 Å². The first-order valence-electron chi connectivity index (χ1n) is 8.41. The number of aliphatic imine (C=N–C) groups is 1. The zero-order valence-corrected chi connectivity index (χ0v) is 14.6. The molecule has 5 nitrogen and oxygen atoms in total. The molecule has 0 aliphatic carbocycles. The van der Waals surface area contributed by atoms with Gasteiger partial charge in [0.1, 0.15) is 17.3 Å². The monoisotopic (exact) mass is 327 g/mol. The first kappa shape index (κ1) is 16.4. The van der Waals surface area contributed by atoms with Crippen LogP contribution in [0.25, 0.3) is 0 Å². The van der Waals surface area contributed by atoms with Crippen molar-refractivity contribution in [1.82, 2.24) is 10.6 Å². The van der Waals surface area contributed by atoms with Crippen LogP contribution in [0.5, 0.6) is 5.75 Å².